The van der Waals surface area contributed by atoms with E-state index in [0.29, 0.717) is 5.56 Å². The van der Waals surface area contributed by atoms with Gasteiger partial charge in [-0.15, -0.1) is 0 Å². The molecule has 0 N–H and O–H groups in total. The van der Waals surface area contributed by atoms with Gasteiger partial charge in [-0.05, 0) is 47.1 Å². The molecule has 0 fully saturated rings. The van der Waals surface area contributed by atoms with Crippen molar-refractivity contribution >= 4 is 23.8 Å². The molecule has 0 spiro atoms. The van der Waals surface area contributed by atoms with Gasteiger partial charge in [-0.2, -0.15) is 0 Å². The van der Waals surface area contributed by atoms with Gasteiger partial charge in [0.05, 0.1) is 0 Å². The maximum Gasteiger partial charge on any atom is 0.159 e. The Morgan fingerprint density at radius 3 is 1.67 bits per heavy atom. The molecule has 0 saturated carbocycles. The van der Waals surface area contributed by atoms with Gasteiger partial charge in [0.2, 0.25) is 0 Å². The molecule has 0 saturated heterocycles. The minimum absolute atomic E-state index is 0.684. The molecule has 0 radical (unpaired) electrons. The third-order valence-electron chi connectivity index (χ3n) is 4.40. The molecule has 4 rings (SSSR count). The molecule has 0 aliphatic heterocycles. The van der Waals surface area contributed by atoms with Gasteiger partial charge in [0.25, 0.3) is 0 Å². The lowest BCUT2D eigenvalue weighted by molar-refractivity contribution is 0.509. The van der Waals surface area contributed by atoms with Crippen LogP contribution < -0.4 is 15.9 Å². The lowest BCUT2D eigenvalue weighted by Crippen LogP contribution is -2.22. The SMILES string of the molecule is Fc1ccc(-c2ccccc2P(c2ccccc2)c2ccccc2)cc1F. The number of hydrogen-bond donors (Lipinski definition) is 0. The Morgan fingerprint density at radius 1 is 0.519 bits per heavy atom. The Balaban J connectivity index is 1.93. The van der Waals surface area contributed by atoms with E-state index in [4.69, 9.17) is 0 Å². The van der Waals surface area contributed by atoms with Gasteiger partial charge in [0.15, 0.2) is 11.6 Å². The molecule has 27 heavy (non-hydrogen) atoms. The third-order valence-corrected chi connectivity index (χ3v) is 6.91. The summed E-state index contributed by atoms with van der Waals surface area (Å²) in [7, 11) is -0.824. The van der Waals surface area contributed by atoms with E-state index in [1.807, 2.05) is 54.6 Å². The van der Waals surface area contributed by atoms with Gasteiger partial charge >= 0.3 is 0 Å². The molecule has 0 heterocycles. The van der Waals surface area contributed by atoms with Gasteiger partial charge in [-0.3, -0.25) is 0 Å². The van der Waals surface area contributed by atoms with Crippen LogP contribution in [-0.4, -0.2) is 0 Å². The monoisotopic (exact) mass is 374 g/mol. The fourth-order valence-corrected chi connectivity index (χ4v) is 5.63. The van der Waals surface area contributed by atoms with E-state index < -0.39 is 19.6 Å². The predicted octanol–water partition coefficient (Wildman–Crippen LogP) is 5.39. The smallest absolute Gasteiger partial charge is 0.159 e. The van der Waals surface area contributed by atoms with Crippen molar-refractivity contribution in [2.24, 2.45) is 0 Å². The van der Waals surface area contributed by atoms with Crippen LogP contribution in [0.3, 0.4) is 0 Å². The van der Waals surface area contributed by atoms with Crippen LogP contribution in [0.5, 0.6) is 0 Å². The molecule has 0 nitrogen and oxygen atoms in total. The molecule has 0 unspecified atom stereocenters. The van der Waals surface area contributed by atoms with Crippen LogP contribution in [0.4, 0.5) is 8.78 Å². The summed E-state index contributed by atoms with van der Waals surface area (Å²) in [6.07, 6.45) is 0. The highest BCUT2D eigenvalue weighted by molar-refractivity contribution is 7.80. The molecule has 0 amide bonds. The van der Waals surface area contributed by atoms with Crippen LogP contribution in [0.25, 0.3) is 11.1 Å². The van der Waals surface area contributed by atoms with Gasteiger partial charge in [0.1, 0.15) is 0 Å². The largest absolute Gasteiger partial charge is 0.204 e. The second-order valence-corrected chi connectivity index (χ2v) is 8.34. The summed E-state index contributed by atoms with van der Waals surface area (Å²) in [5, 5.41) is 3.55. The van der Waals surface area contributed by atoms with Crippen LogP contribution >= 0.6 is 7.92 Å². The quantitative estimate of drug-likeness (QED) is 0.420. The summed E-state index contributed by atoms with van der Waals surface area (Å²) in [4.78, 5) is 0. The molecule has 132 valence electrons. The lowest BCUT2D eigenvalue weighted by Gasteiger charge is -2.22. The van der Waals surface area contributed by atoms with E-state index in [0.717, 1.165) is 10.9 Å². The first-order chi connectivity index (χ1) is 13.2. The molecular formula is C24H17F2P. The number of hydrogen-bond acceptors (Lipinski definition) is 0. The highest BCUT2D eigenvalue weighted by Crippen LogP contribution is 2.37. The van der Waals surface area contributed by atoms with E-state index in [1.165, 1.54) is 22.7 Å². The van der Waals surface area contributed by atoms with Crippen molar-refractivity contribution in [2.45, 2.75) is 0 Å². The summed E-state index contributed by atoms with van der Waals surface area (Å²) in [6, 6.07) is 32.8. The van der Waals surface area contributed by atoms with E-state index in [9.17, 15) is 8.78 Å². The van der Waals surface area contributed by atoms with Crippen LogP contribution in [0.15, 0.2) is 103 Å². The van der Waals surface area contributed by atoms with E-state index in [1.54, 1.807) is 6.07 Å². The molecule has 0 bridgehead atoms. The summed E-state index contributed by atoms with van der Waals surface area (Å²) in [5.41, 5.74) is 1.61. The average Bonchev–Trinajstić information content (AvgIpc) is 2.72. The predicted molar refractivity (Wildman–Crippen MR) is 111 cm³/mol. The first-order valence-corrected chi connectivity index (χ1v) is 10.0. The Kier molecular flexibility index (Phi) is 5.09. The number of rotatable bonds is 4. The first-order valence-electron chi connectivity index (χ1n) is 8.69. The zero-order valence-electron chi connectivity index (χ0n) is 14.5. The Hall–Kier alpha value is -2.83. The molecule has 4 aromatic rings. The molecular weight excluding hydrogens is 357 g/mol. The van der Waals surface area contributed by atoms with Crippen LogP contribution in [0.1, 0.15) is 0 Å². The Labute approximate surface area is 158 Å². The number of benzene rings is 4. The highest BCUT2D eigenvalue weighted by Gasteiger charge is 2.20. The zero-order valence-corrected chi connectivity index (χ0v) is 15.4. The van der Waals surface area contributed by atoms with Crippen molar-refractivity contribution in [1.82, 2.24) is 0 Å². The normalized spacial score (nSPS) is 10.9. The summed E-state index contributed by atoms with van der Waals surface area (Å²) in [6.45, 7) is 0. The van der Waals surface area contributed by atoms with E-state index in [2.05, 4.69) is 30.3 Å². The third kappa shape index (κ3) is 3.67. The van der Waals surface area contributed by atoms with Crippen LogP contribution in [0.2, 0.25) is 0 Å². The Bertz CT molecular complexity index is 1010. The fourth-order valence-electron chi connectivity index (χ4n) is 3.16. The molecule has 0 aromatic heterocycles. The van der Waals surface area contributed by atoms with E-state index in [-0.39, 0.29) is 0 Å². The maximum absolute atomic E-state index is 13.9. The van der Waals surface area contributed by atoms with Gasteiger partial charge < -0.3 is 0 Å². The zero-order chi connectivity index (χ0) is 18.6. The van der Waals surface area contributed by atoms with Crippen molar-refractivity contribution in [2.75, 3.05) is 0 Å². The second kappa shape index (κ2) is 7.82. The lowest BCUT2D eigenvalue weighted by atomic mass is 10.1. The molecule has 0 aliphatic carbocycles. The van der Waals surface area contributed by atoms with Gasteiger partial charge in [-0.1, -0.05) is 91.0 Å². The van der Waals surface area contributed by atoms with Crippen molar-refractivity contribution in [3.63, 3.8) is 0 Å². The molecule has 0 aliphatic rings. The summed E-state index contributed by atoms with van der Waals surface area (Å²) < 4.78 is 27.3. The number of halogens is 2. The maximum atomic E-state index is 13.9. The van der Waals surface area contributed by atoms with Gasteiger partial charge in [-0.25, -0.2) is 8.78 Å². The second-order valence-electron chi connectivity index (χ2n) is 6.15. The van der Waals surface area contributed by atoms with Gasteiger partial charge in [0, 0.05) is 0 Å². The van der Waals surface area contributed by atoms with Crippen LogP contribution in [-0.2, 0) is 0 Å². The van der Waals surface area contributed by atoms with Crippen molar-refractivity contribution in [3.05, 3.63) is 115 Å². The molecule has 0 atom stereocenters. The minimum Gasteiger partial charge on any atom is -0.204 e. The van der Waals surface area contributed by atoms with Crippen LogP contribution in [0, 0.1) is 11.6 Å². The molecule has 4 aromatic carbocycles. The Morgan fingerprint density at radius 2 is 1.07 bits per heavy atom. The average molecular weight is 374 g/mol. The minimum atomic E-state index is -0.829. The summed E-state index contributed by atoms with van der Waals surface area (Å²) >= 11 is 0. The summed E-state index contributed by atoms with van der Waals surface area (Å²) in [5.74, 6) is -1.66. The van der Waals surface area contributed by atoms with Crippen molar-refractivity contribution < 1.29 is 8.78 Å². The first kappa shape index (κ1) is 17.6. The molecule has 3 heteroatoms. The van der Waals surface area contributed by atoms with E-state index >= 15 is 0 Å². The van der Waals surface area contributed by atoms with Crippen molar-refractivity contribution in [3.8, 4) is 11.1 Å². The topological polar surface area (TPSA) is 0 Å². The van der Waals surface area contributed by atoms with Crippen molar-refractivity contribution in [1.29, 1.82) is 0 Å². The fraction of sp³-hybridized carbons (Fsp3) is 0. The highest BCUT2D eigenvalue weighted by atomic mass is 31.1. The standard InChI is InChI=1S/C24H17F2P/c25-22-16-15-18(17-23(22)26)21-13-7-8-14-24(21)27(19-9-3-1-4-10-19)20-11-5-2-6-12-20/h1-17H.